The van der Waals surface area contributed by atoms with E-state index in [9.17, 15) is 13.2 Å². The molecule has 0 aliphatic heterocycles. The topological polar surface area (TPSA) is 24.5 Å². The normalized spacial score (nSPS) is 13.5. The number of alkyl halides is 3. The zero-order chi connectivity index (χ0) is 16.0. The molecule has 0 saturated carbocycles. The van der Waals surface area contributed by atoms with E-state index in [1.54, 1.807) is 7.11 Å². The Hall–Kier alpha value is -1.27. The van der Waals surface area contributed by atoms with E-state index in [4.69, 9.17) is 4.74 Å². The molecule has 0 aliphatic rings. The molecule has 0 bridgehead atoms. The number of hydrogen-bond acceptors (Lipinski definition) is 3. The Labute approximate surface area is 124 Å². The number of halogens is 3. The summed E-state index contributed by atoms with van der Waals surface area (Å²) in [6.45, 7) is 3.88. The number of ether oxygens (including phenoxy) is 1. The van der Waals surface area contributed by atoms with E-state index >= 15 is 0 Å². The second-order valence-electron chi connectivity index (χ2n) is 5.17. The second-order valence-corrected chi connectivity index (χ2v) is 5.17. The Morgan fingerprint density at radius 3 is 2.52 bits per heavy atom. The highest BCUT2D eigenvalue weighted by Crippen LogP contribution is 2.27. The number of nitrogens with one attached hydrogen (secondary N) is 1. The maximum Gasteiger partial charge on any atom is 0.401 e. The van der Waals surface area contributed by atoms with Crippen LogP contribution in [0.1, 0.15) is 24.1 Å². The SMILES string of the molecule is CCNC(CN(C)CC(F)(F)F)c1cc(C)ccc1OC. The van der Waals surface area contributed by atoms with Gasteiger partial charge in [0.2, 0.25) is 0 Å². The fraction of sp³-hybridized carbons (Fsp3) is 0.600. The maximum atomic E-state index is 12.5. The van der Waals surface area contributed by atoms with Gasteiger partial charge in [0.1, 0.15) is 5.75 Å². The van der Waals surface area contributed by atoms with Crippen molar-refractivity contribution in [3.8, 4) is 5.75 Å². The van der Waals surface area contributed by atoms with Gasteiger partial charge in [0.25, 0.3) is 0 Å². The van der Waals surface area contributed by atoms with Crippen LogP contribution in [0.5, 0.6) is 5.75 Å². The Morgan fingerprint density at radius 1 is 1.33 bits per heavy atom. The predicted octanol–water partition coefficient (Wildman–Crippen LogP) is 3.15. The van der Waals surface area contributed by atoms with Crippen molar-refractivity contribution in [3.05, 3.63) is 29.3 Å². The van der Waals surface area contributed by atoms with E-state index < -0.39 is 12.7 Å². The lowest BCUT2D eigenvalue weighted by molar-refractivity contribution is -0.143. The van der Waals surface area contributed by atoms with Crippen molar-refractivity contribution in [2.45, 2.75) is 26.1 Å². The number of rotatable bonds is 7. The fourth-order valence-corrected chi connectivity index (χ4v) is 2.33. The summed E-state index contributed by atoms with van der Waals surface area (Å²) in [5.74, 6) is 0.687. The molecular formula is C15H23F3N2O. The molecule has 1 N–H and O–H groups in total. The number of nitrogens with zero attached hydrogens (tertiary/aromatic N) is 1. The first kappa shape index (κ1) is 17.8. The highest BCUT2D eigenvalue weighted by Gasteiger charge is 2.30. The van der Waals surface area contributed by atoms with Crippen LogP contribution in [0.4, 0.5) is 13.2 Å². The van der Waals surface area contributed by atoms with Gasteiger partial charge in [-0.05, 0) is 26.6 Å². The van der Waals surface area contributed by atoms with Crippen molar-refractivity contribution in [3.63, 3.8) is 0 Å². The number of aryl methyl sites for hydroxylation is 1. The molecule has 3 nitrogen and oxygen atoms in total. The highest BCUT2D eigenvalue weighted by atomic mass is 19.4. The fourth-order valence-electron chi connectivity index (χ4n) is 2.33. The molecule has 0 amide bonds. The monoisotopic (exact) mass is 304 g/mol. The first-order valence-electron chi connectivity index (χ1n) is 6.90. The van der Waals surface area contributed by atoms with Crippen molar-refractivity contribution < 1.29 is 17.9 Å². The molecule has 0 saturated heterocycles. The van der Waals surface area contributed by atoms with E-state index in [2.05, 4.69) is 5.32 Å². The van der Waals surface area contributed by atoms with E-state index in [1.165, 1.54) is 11.9 Å². The van der Waals surface area contributed by atoms with Gasteiger partial charge in [-0.15, -0.1) is 0 Å². The first-order chi connectivity index (χ1) is 9.76. The van der Waals surface area contributed by atoms with Crippen LogP contribution in [-0.2, 0) is 0 Å². The standard InChI is InChI=1S/C15H23F3N2O/c1-5-19-13(9-20(3)10-15(16,17)18)12-8-11(2)6-7-14(12)21-4/h6-8,13,19H,5,9-10H2,1-4H3. The molecule has 0 spiro atoms. The van der Waals surface area contributed by atoms with Crippen LogP contribution < -0.4 is 10.1 Å². The lowest BCUT2D eigenvalue weighted by atomic mass is 10.0. The molecule has 0 radical (unpaired) electrons. The van der Waals surface area contributed by atoms with Crippen LogP contribution >= 0.6 is 0 Å². The summed E-state index contributed by atoms with van der Waals surface area (Å²) in [6.07, 6.45) is -4.19. The van der Waals surface area contributed by atoms with Crippen molar-refractivity contribution in [1.82, 2.24) is 10.2 Å². The van der Waals surface area contributed by atoms with Gasteiger partial charge >= 0.3 is 6.18 Å². The minimum Gasteiger partial charge on any atom is -0.496 e. The Balaban J connectivity index is 2.93. The third-order valence-corrected chi connectivity index (χ3v) is 3.15. The Bertz CT molecular complexity index is 449. The van der Waals surface area contributed by atoms with Crippen LogP contribution in [0.25, 0.3) is 0 Å². The quantitative estimate of drug-likeness (QED) is 0.837. The molecule has 0 aromatic heterocycles. The molecule has 1 atom stereocenters. The molecule has 0 fully saturated rings. The summed E-state index contributed by atoms with van der Waals surface area (Å²) < 4.78 is 42.7. The molecule has 120 valence electrons. The van der Waals surface area contributed by atoms with Crippen molar-refractivity contribution in [2.75, 3.05) is 33.8 Å². The van der Waals surface area contributed by atoms with Gasteiger partial charge in [-0.1, -0.05) is 24.6 Å². The minimum atomic E-state index is -4.19. The lowest BCUT2D eigenvalue weighted by Gasteiger charge is -2.27. The molecule has 1 aromatic rings. The minimum absolute atomic E-state index is 0.211. The first-order valence-corrected chi connectivity index (χ1v) is 6.90. The van der Waals surface area contributed by atoms with Crippen LogP contribution in [0.3, 0.4) is 0 Å². The van der Waals surface area contributed by atoms with E-state index in [1.807, 2.05) is 32.0 Å². The number of likely N-dealkylation sites (N-methyl/N-ethyl adjacent to an activating group) is 2. The molecular weight excluding hydrogens is 281 g/mol. The van der Waals surface area contributed by atoms with Crippen LogP contribution in [0.15, 0.2) is 18.2 Å². The van der Waals surface area contributed by atoms with Gasteiger partial charge in [0, 0.05) is 18.2 Å². The van der Waals surface area contributed by atoms with Gasteiger partial charge < -0.3 is 10.1 Å². The molecule has 1 unspecified atom stereocenters. The van der Waals surface area contributed by atoms with Crippen molar-refractivity contribution in [1.29, 1.82) is 0 Å². The Morgan fingerprint density at radius 2 is 2.00 bits per heavy atom. The molecule has 6 heteroatoms. The zero-order valence-electron chi connectivity index (χ0n) is 12.9. The smallest absolute Gasteiger partial charge is 0.401 e. The van der Waals surface area contributed by atoms with Crippen molar-refractivity contribution in [2.24, 2.45) is 0 Å². The molecule has 21 heavy (non-hydrogen) atoms. The summed E-state index contributed by atoms with van der Waals surface area (Å²) in [4.78, 5) is 1.27. The molecule has 0 aliphatic carbocycles. The average Bonchev–Trinajstić information content (AvgIpc) is 2.36. The van der Waals surface area contributed by atoms with E-state index in [0.29, 0.717) is 12.3 Å². The largest absolute Gasteiger partial charge is 0.496 e. The lowest BCUT2D eigenvalue weighted by Crippen LogP contribution is -2.38. The van der Waals surface area contributed by atoms with Crippen molar-refractivity contribution >= 4 is 0 Å². The third kappa shape index (κ3) is 5.93. The summed E-state index contributed by atoms with van der Waals surface area (Å²) >= 11 is 0. The van der Waals surface area contributed by atoms with Crippen LogP contribution in [0.2, 0.25) is 0 Å². The highest BCUT2D eigenvalue weighted by molar-refractivity contribution is 5.39. The number of benzene rings is 1. The maximum absolute atomic E-state index is 12.5. The number of methoxy groups -OCH3 is 1. The average molecular weight is 304 g/mol. The summed E-state index contributed by atoms with van der Waals surface area (Å²) in [5.41, 5.74) is 1.93. The second kappa shape index (κ2) is 7.66. The summed E-state index contributed by atoms with van der Waals surface area (Å²) in [5, 5.41) is 3.23. The third-order valence-electron chi connectivity index (χ3n) is 3.15. The van der Waals surface area contributed by atoms with Crippen LogP contribution in [0, 0.1) is 6.92 Å². The Kier molecular flexibility index (Phi) is 6.48. The summed E-state index contributed by atoms with van der Waals surface area (Å²) in [7, 11) is 3.04. The van der Waals surface area contributed by atoms with E-state index in [0.717, 1.165) is 11.1 Å². The zero-order valence-corrected chi connectivity index (χ0v) is 12.9. The molecule has 1 aromatic carbocycles. The van der Waals surface area contributed by atoms with Gasteiger partial charge in [0.05, 0.1) is 13.7 Å². The molecule has 0 heterocycles. The summed E-state index contributed by atoms with van der Waals surface area (Å²) in [6, 6.07) is 5.51. The van der Waals surface area contributed by atoms with Gasteiger partial charge in [-0.25, -0.2) is 0 Å². The molecule has 1 rings (SSSR count). The van der Waals surface area contributed by atoms with E-state index in [-0.39, 0.29) is 12.6 Å². The van der Waals surface area contributed by atoms with Gasteiger partial charge in [-0.3, -0.25) is 4.90 Å². The van der Waals surface area contributed by atoms with Gasteiger partial charge in [-0.2, -0.15) is 13.2 Å². The van der Waals surface area contributed by atoms with Crippen LogP contribution in [-0.4, -0.2) is 44.9 Å². The predicted molar refractivity (Wildman–Crippen MR) is 77.7 cm³/mol. The van der Waals surface area contributed by atoms with Gasteiger partial charge in [0.15, 0.2) is 0 Å². The number of hydrogen-bond donors (Lipinski definition) is 1.